The van der Waals surface area contributed by atoms with Gasteiger partial charge in [0.25, 0.3) is 5.91 Å². The zero-order chi connectivity index (χ0) is 15.6. The molecule has 2 nitrogen and oxygen atoms in total. The number of hydrogen-bond donors (Lipinski definition) is 0. The molecule has 0 saturated carbocycles. The molecule has 110 valence electrons. The highest BCUT2D eigenvalue weighted by molar-refractivity contribution is 6.31. The molecule has 0 aliphatic carbocycles. The molecule has 21 heavy (non-hydrogen) atoms. The number of amides is 1. The largest absolute Gasteiger partial charge is 0.337 e. The predicted octanol–water partition coefficient (Wildman–Crippen LogP) is 4.37. The van der Waals surface area contributed by atoms with E-state index in [1.54, 1.807) is 25.2 Å². The average Bonchev–Trinajstić information content (AvgIpc) is 2.45. The normalized spacial score (nSPS) is 10.5. The highest BCUT2D eigenvalue weighted by Crippen LogP contribution is 2.22. The molecule has 2 aromatic carbocycles. The molecule has 2 rings (SSSR count). The fourth-order valence-corrected chi connectivity index (χ4v) is 2.40. The Morgan fingerprint density at radius 1 is 1.19 bits per heavy atom. The Morgan fingerprint density at radius 2 is 1.86 bits per heavy atom. The standard InChI is InChI=1S/C17H17ClFNO/c1-11-6-4-7-13(12(11)2)17(21)20(3)10-14-15(18)8-5-9-16(14)19/h4-9H,10H2,1-3H3. The molecule has 0 bridgehead atoms. The summed E-state index contributed by atoms with van der Waals surface area (Å²) in [6, 6.07) is 10.1. The van der Waals surface area contributed by atoms with Crippen molar-refractivity contribution in [1.82, 2.24) is 4.90 Å². The predicted molar refractivity (Wildman–Crippen MR) is 83.1 cm³/mol. The lowest BCUT2D eigenvalue weighted by Crippen LogP contribution is -2.27. The summed E-state index contributed by atoms with van der Waals surface area (Å²) >= 11 is 6.00. The van der Waals surface area contributed by atoms with Crippen LogP contribution in [0, 0.1) is 19.7 Å². The summed E-state index contributed by atoms with van der Waals surface area (Å²) in [5, 5.41) is 0.329. The highest BCUT2D eigenvalue weighted by atomic mass is 35.5. The Morgan fingerprint density at radius 3 is 2.52 bits per heavy atom. The van der Waals surface area contributed by atoms with Gasteiger partial charge in [0.15, 0.2) is 0 Å². The number of aryl methyl sites for hydroxylation is 1. The number of halogens is 2. The first-order valence-corrected chi connectivity index (χ1v) is 7.04. The third-order valence-electron chi connectivity index (χ3n) is 3.64. The van der Waals surface area contributed by atoms with Crippen molar-refractivity contribution in [2.45, 2.75) is 20.4 Å². The molecular formula is C17H17ClFNO. The number of nitrogens with zero attached hydrogens (tertiary/aromatic N) is 1. The van der Waals surface area contributed by atoms with Crippen molar-refractivity contribution in [2.75, 3.05) is 7.05 Å². The Bertz CT molecular complexity index is 664. The first kappa shape index (κ1) is 15.5. The van der Waals surface area contributed by atoms with Gasteiger partial charge >= 0.3 is 0 Å². The molecule has 0 spiro atoms. The minimum atomic E-state index is -0.400. The average molecular weight is 306 g/mol. The second-order valence-electron chi connectivity index (χ2n) is 5.11. The Balaban J connectivity index is 2.26. The van der Waals surface area contributed by atoms with Crippen molar-refractivity contribution < 1.29 is 9.18 Å². The van der Waals surface area contributed by atoms with Gasteiger partial charge in [-0.25, -0.2) is 4.39 Å². The smallest absolute Gasteiger partial charge is 0.254 e. The Hall–Kier alpha value is -1.87. The maximum Gasteiger partial charge on any atom is 0.254 e. The Kier molecular flexibility index (Phi) is 4.63. The molecule has 0 N–H and O–H groups in total. The van der Waals surface area contributed by atoms with Gasteiger partial charge in [0.1, 0.15) is 5.82 Å². The van der Waals surface area contributed by atoms with E-state index in [-0.39, 0.29) is 12.5 Å². The van der Waals surface area contributed by atoms with Gasteiger partial charge in [-0.15, -0.1) is 0 Å². The third kappa shape index (κ3) is 3.24. The number of hydrogen-bond acceptors (Lipinski definition) is 1. The van der Waals surface area contributed by atoms with Gasteiger partial charge < -0.3 is 4.90 Å². The lowest BCUT2D eigenvalue weighted by atomic mass is 10.0. The van der Waals surface area contributed by atoms with Crippen LogP contribution in [-0.2, 0) is 6.54 Å². The number of benzene rings is 2. The van der Waals surface area contributed by atoms with Crippen molar-refractivity contribution in [3.8, 4) is 0 Å². The molecular weight excluding hydrogens is 289 g/mol. The van der Waals surface area contributed by atoms with E-state index in [1.165, 1.54) is 11.0 Å². The van der Waals surface area contributed by atoms with Gasteiger partial charge in [-0.2, -0.15) is 0 Å². The molecule has 0 aliphatic heterocycles. The van der Waals surface area contributed by atoms with Crippen LogP contribution in [0.3, 0.4) is 0 Å². The van der Waals surface area contributed by atoms with Crippen molar-refractivity contribution in [3.05, 3.63) is 69.5 Å². The first-order valence-electron chi connectivity index (χ1n) is 6.66. The van der Waals surface area contributed by atoms with Gasteiger partial charge in [0.05, 0.1) is 0 Å². The van der Waals surface area contributed by atoms with E-state index in [2.05, 4.69) is 0 Å². The summed E-state index contributed by atoms with van der Waals surface area (Å²) in [6.07, 6.45) is 0. The van der Waals surface area contributed by atoms with E-state index < -0.39 is 5.82 Å². The first-order chi connectivity index (χ1) is 9.91. The molecule has 0 aliphatic rings. The van der Waals surface area contributed by atoms with E-state index in [1.807, 2.05) is 26.0 Å². The molecule has 0 atom stereocenters. The van der Waals surface area contributed by atoms with Crippen LogP contribution in [0.5, 0.6) is 0 Å². The summed E-state index contributed by atoms with van der Waals surface area (Å²) in [6.45, 7) is 4.00. The molecule has 2 aromatic rings. The number of rotatable bonds is 3. The van der Waals surface area contributed by atoms with Crippen molar-refractivity contribution >= 4 is 17.5 Å². The van der Waals surface area contributed by atoms with Crippen molar-refractivity contribution in [3.63, 3.8) is 0 Å². The van der Waals surface area contributed by atoms with E-state index in [0.717, 1.165) is 11.1 Å². The molecule has 4 heteroatoms. The topological polar surface area (TPSA) is 20.3 Å². The van der Waals surface area contributed by atoms with Gasteiger partial charge in [0.2, 0.25) is 0 Å². The molecule has 0 fully saturated rings. The maximum absolute atomic E-state index is 13.8. The third-order valence-corrected chi connectivity index (χ3v) is 3.99. The van der Waals surface area contributed by atoms with Gasteiger partial charge in [-0.1, -0.05) is 29.8 Å². The second kappa shape index (κ2) is 6.27. The fourth-order valence-electron chi connectivity index (χ4n) is 2.18. The maximum atomic E-state index is 13.8. The lowest BCUT2D eigenvalue weighted by molar-refractivity contribution is 0.0783. The SMILES string of the molecule is Cc1cccc(C(=O)N(C)Cc2c(F)cccc2Cl)c1C. The summed E-state index contributed by atoms with van der Waals surface area (Å²) < 4.78 is 13.8. The van der Waals surface area contributed by atoms with Crippen LogP contribution in [0.15, 0.2) is 36.4 Å². The monoisotopic (exact) mass is 305 g/mol. The van der Waals surface area contributed by atoms with E-state index in [4.69, 9.17) is 11.6 Å². The molecule has 1 amide bonds. The zero-order valence-corrected chi connectivity index (χ0v) is 13.0. The highest BCUT2D eigenvalue weighted by Gasteiger charge is 2.17. The van der Waals surface area contributed by atoms with E-state index in [0.29, 0.717) is 16.1 Å². The number of carbonyl (C=O) groups is 1. The molecule has 0 radical (unpaired) electrons. The van der Waals surface area contributed by atoms with Gasteiger partial charge in [-0.3, -0.25) is 4.79 Å². The van der Waals surface area contributed by atoms with Crippen LogP contribution < -0.4 is 0 Å². The van der Waals surface area contributed by atoms with Gasteiger partial charge in [-0.05, 0) is 43.2 Å². The molecule has 0 heterocycles. The van der Waals surface area contributed by atoms with Crippen molar-refractivity contribution in [2.24, 2.45) is 0 Å². The van der Waals surface area contributed by atoms with E-state index >= 15 is 0 Å². The Labute approximate surface area is 129 Å². The van der Waals surface area contributed by atoms with Crippen molar-refractivity contribution in [1.29, 1.82) is 0 Å². The lowest BCUT2D eigenvalue weighted by Gasteiger charge is -2.20. The fraction of sp³-hybridized carbons (Fsp3) is 0.235. The molecule has 0 saturated heterocycles. The minimum Gasteiger partial charge on any atom is -0.337 e. The summed E-state index contributed by atoms with van der Waals surface area (Å²) in [7, 11) is 1.65. The quantitative estimate of drug-likeness (QED) is 0.824. The summed E-state index contributed by atoms with van der Waals surface area (Å²) in [4.78, 5) is 14.0. The molecule has 0 aromatic heterocycles. The van der Waals surface area contributed by atoms with Crippen LogP contribution >= 0.6 is 11.6 Å². The zero-order valence-electron chi connectivity index (χ0n) is 12.3. The summed E-state index contributed by atoms with van der Waals surface area (Å²) in [5.74, 6) is -0.543. The van der Waals surface area contributed by atoms with Crippen LogP contribution in [0.1, 0.15) is 27.0 Å². The van der Waals surface area contributed by atoms with E-state index in [9.17, 15) is 9.18 Å². The summed E-state index contributed by atoms with van der Waals surface area (Å²) in [5.41, 5.74) is 2.96. The minimum absolute atomic E-state index is 0.137. The number of carbonyl (C=O) groups excluding carboxylic acids is 1. The second-order valence-corrected chi connectivity index (χ2v) is 5.52. The van der Waals surface area contributed by atoms with Crippen LogP contribution in [-0.4, -0.2) is 17.9 Å². The van der Waals surface area contributed by atoms with Gasteiger partial charge in [0, 0.05) is 29.7 Å². The molecule has 0 unspecified atom stereocenters. The van der Waals surface area contributed by atoms with Crippen LogP contribution in [0.2, 0.25) is 5.02 Å². The van der Waals surface area contributed by atoms with Crippen LogP contribution in [0.25, 0.3) is 0 Å². The van der Waals surface area contributed by atoms with Crippen LogP contribution in [0.4, 0.5) is 4.39 Å².